The highest BCUT2D eigenvalue weighted by atomic mass is 31.2. The van der Waals surface area contributed by atoms with Crippen molar-refractivity contribution in [1.29, 1.82) is 0 Å². The Balaban J connectivity index is 2.17. The second-order valence-corrected chi connectivity index (χ2v) is 10.2. The SMILES string of the molecule is CC(C)(C)NCc1ccccc1P(=O)(c1ccccc1)c1ccccc1. The highest BCUT2D eigenvalue weighted by Gasteiger charge is 2.31. The predicted molar refractivity (Wildman–Crippen MR) is 112 cm³/mol. The molecule has 1 N–H and O–H groups in total. The molecule has 0 aliphatic heterocycles. The molecule has 0 atom stereocenters. The first kappa shape index (κ1) is 18.6. The van der Waals surface area contributed by atoms with E-state index in [4.69, 9.17) is 0 Å². The lowest BCUT2D eigenvalue weighted by Gasteiger charge is -2.25. The van der Waals surface area contributed by atoms with E-state index in [9.17, 15) is 4.57 Å². The smallest absolute Gasteiger partial charge is 0.171 e. The summed E-state index contributed by atoms with van der Waals surface area (Å²) in [5, 5.41) is 6.18. The third-order valence-corrected chi connectivity index (χ3v) is 7.55. The van der Waals surface area contributed by atoms with E-state index in [1.165, 1.54) is 0 Å². The molecule has 3 aromatic rings. The third kappa shape index (κ3) is 3.98. The van der Waals surface area contributed by atoms with Crippen LogP contribution in [0.15, 0.2) is 84.9 Å². The van der Waals surface area contributed by atoms with Gasteiger partial charge in [-0.2, -0.15) is 0 Å². The van der Waals surface area contributed by atoms with Gasteiger partial charge in [-0.3, -0.25) is 0 Å². The van der Waals surface area contributed by atoms with Crippen LogP contribution in [0.4, 0.5) is 0 Å². The number of rotatable bonds is 5. The lowest BCUT2D eigenvalue weighted by molar-refractivity contribution is 0.425. The summed E-state index contributed by atoms with van der Waals surface area (Å²) < 4.78 is 14.5. The molecule has 0 saturated heterocycles. The van der Waals surface area contributed by atoms with Crippen molar-refractivity contribution in [3.63, 3.8) is 0 Å². The molecule has 0 spiro atoms. The summed E-state index contributed by atoms with van der Waals surface area (Å²) in [5.74, 6) is 0. The normalized spacial score (nSPS) is 12.1. The fourth-order valence-corrected chi connectivity index (χ4v) is 5.92. The number of nitrogens with one attached hydrogen (secondary N) is 1. The zero-order chi connectivity index (χ0) is 18.6. The van der Waals surface area contributed by atoms with E-state index < -0.39 is 7.14 Å². The van der Waals surface area contributed by atoms with Crippen LogP contribution in [0.1, 0.15) is 26.3 Å². The average molecular weight is 363 g/mol. The Labute approximate surface area is 156 Å². The van der Waals surface area contributed by atoms with Gasteiger partial charge in [0.1, 0.15) is 0 Å². The third-order valence-electron chi connectivity index (χ3n) is 4.38. The Morgan fingerprint density at radius 3 is 1.69 bits per heavy atom. The van der Waals surface area contributed by atoms with Gasteiger partial charge in [-0.1, -0.05) is 84.9 Å². The molecular formula is C23H26NOP. The second kappa shape index (κ2) is 7.61. The van der Waals surface area contributed by atoms with Gasteiger partial charge in [-0.05, 0) is 26.3 Å². The molecule has 0 fully saturated rings. The topological polar surface area (TPSA) is 29.1 Å². The van der Waals surface area contributed by atoms with Gasteiger partial charge < -0.3 is 9.88 Å². The van der Waals surface area contributed by atoms with Crippen LogP contribution >= 0.6 is 7.14 Å². The number of hydrogen-bond acceptors (Lipinski definition) is 2. The molecule has 26 heavy (non-hydrogen) atoms. The van der Waals surface area contributed by atoms with Crippen molar-refractivity contribution in [2.24, 2.45) is 0 Å². The molecule has 0 bridgehead atoms. The van der Waals surface area contributed by atoms with E-state index in [1.54, 1.807) is 0 Å². The monoisotopic (exact) mass is 363 g/mol. The van der Waals surface area contributed by atoms with E-state index in [0.29, 0.717) is 6.54 Å². The largest absolute Gasteiger partial charge is 0.309 e. The van der Waals surface area contributed by atoms with Crippen LogP contribution in [-0.2, 0) is 11.1 Å². The van der Waals surface area contributed by atoms with Gasteiger partial charge in [-0.15, -0.1) is 0 Å². The van der Waals surface area contributed by atoms with E-state index in [1.807, 2.05) is 78.9 Å². The van der Waals surface area contributed by atoms with Gasteiger partial charge in [0.2, 0.25) is 0 Å². The molecule has 0 heterocycles. The first-order chi connectivity index (χ1) is 12.4. The van der Waals surface area contributed by atoms with Crippen LogP contribution in [0, 0.1) is 0 Å². The molecule has 0 aliphatic rings. The van der Waals surface area contributed by atoms with Crippen LogP contribution in [0.3, 0.4) is 0 Å². The van der Waals surface area contributed by atoms with Crippen LogP contribution in [-0.4, -0.2) is 5.54 Å². The van der Waals surface area contributed by atoms with Crippen molar-refractivity contribution >= 4 is 23.1 Å². The molecule has 3 heteroatoms. The minimum atomic E-state index is -2.94. The fraction of sp³-hybridized carbons (Fsp3) is 0.217. The van der Waals surface area contributed by atoms with Gasteiger partial charge in [0, 0.05) is 28.0 Å². The summed E-state index contributed by atoms with van der Waals surface area (Å²) in [5.41, 5.74) is 1.08. The Morgan fingerprint density at radius 2 is 1.19 bits per heavy atom. The maximum absolute atomic E-state index is 14.5. The lowest BCUT2D eigenvalue weighted by atomic mass is 10.1. The van der Waals surface area contributed by atoms with E-state index in [2.05, 4.69) is 32.2 Å². The molecule has 0 radical (unpaired) electrons. The standard InChI is InChI=1S/C23H26NOP/c1-23(2,3)24-18-19-12-10-11-17-22(19)26(25,20-13-6-4-7-14-20)21-15-8-5-9-16-21/h4-17,24H,18H2,1-3H3. The number of hydrogen-bond donors (Lipinski definition) is 1. The quantitative estimate of drug-likeness (QED) is 0.688. The van der Waals surface area contributed by atoms with Crippen LogP contribution in [0.25, 0.3) is 0 Å². The fourth-order valence-electron chi connectivity index (χ4n) is 3.03. The summed E-state index contributed by atoms with van der Waals surface area (Å²) >= 11 is 0. The van der Waals surface area contributed by atoms with E-state index in [0.717, 1.165) is 21.5 Å². The maximum atomic E-state index is 14.5. The molecule has 0 amide bonds. The van der Waals surface area contributed by atoms with Gasteiger partial charge >= 0.3 is 0 Å². The van der Waals surface area contributed by atoms with Crippen molar-refractivity contribution in [2.75, 3.05) is 0 Å². The van der Waals surface area contributed by atoms with Crippen molar-refractivity contribution in [3.05, 3.63) is 90.5 Å². The Bertz CT molecular complexity index is 855. The molecular weight excluding hydrogens is 337 g/mol. The summed E-state index contributed by atoms with van der Waals surface area (Å²) in [6.07, 6.45) is 0. The zero-order valence-corrected chi connectivity index (χ0v) is 16.5. The minimum Gasteiger partial charge on any atom is -0.309 e. The Hall–Kier alpha value is -2.15. The summed E-state index contributed by atoms with van der Waals surface area (Å²) in [7, 11) is -2.94. The van der Waals surface area contributed by atoms with Gasteiger partial charge in [-0.25, -0.2) is 0 Å². The zero-order valence-electron chi connectivity index (χ0n) is 15.6. The minimum absolute atomic E-state index is 0.00338. The molecule has 134 valence electrons. The first-order valence-electron chi connectivity index (χ1n) is 8.96. The lowest BCUT2D eigenvalue weighted by Crippen LogP contribution is -2.37. The van der Waals surface area contributed by atoms with Gasteiger partial charge in [0.05, 0.1) is 0 Å². The highest BCUT2D eigenvalue weighted by molar-refractivity contribution is 7.85. The van der Waals surface area contributed by atoms with Crippen molar-refractivity contribution in [2.45, 2.75) is 32.9 Å². The molecule has 3 rings (SSSR count). The molecule has 0 unspecified atom stereocenters. The number of benzene rings is 3. The van der Waals surface area contributed by atoms with Crippen LogP contribution < -0.4 is 21.2 Å². The Kier molecular flexibility index (Phi) is 5.46. The predicted octanol–water partition coefficient (Wildman–Crippen LogP) is 4.21. The summed E-state index contributed by atoms with van der Waals surface area (Å²) in [4.78, 5) is 0. The van der Waals surface area contributed by atoms with Crippen LogP contribution in [0.2, 0.25) is 0 Å². The molecule has 0 saturated carbocycles. The average Bonchev–Trinajstić information content (AvgIpc) is 2.67. The molecule has 0 aromatic heterocycles. The first-order valence-corrected chi connectivity index (χ1v) is 10.7. The van der Waals surface area contributed by atoms with Gasteiger partial charge in [0.25, 0.3) is 0 Å². The summed E-state index contributed by atoms with van der Waals surface area (Å²) in [6.45, 7) is 7.11. The molecule has 0 aliphatic carbocycles. The highest BCUT2D eigenvalue weighted by Crippen LogP contribution is 2.43. The Morgan fingerprint density at radius 1 is 0.731 bits per heavy atom. The molecule has 3 aromatic carbocycles. The maximum Gasteiger partial charge on any atom is 0.171 e. The second-order valence-electron chi connectivity index (χ2n) is 7.51. The van der Waals surface area contributed by atoms with E-state index in [-0.39, 0.29) is 5.54 Å². The summed E-state index contributed by atoms with van der Waals surface area (Å²) in [6, 6.07) is 27.7. The van der Waals surface area contributed by atoms with E-state index >= 15 is 0 Å². The van der Waals surface area contributed by atoms with Crippen molar-refractivity contribution in [3.8, 4) is 0 Å². The van der Waals surface area contributed by atoms with Gasteiger partial charge in [0.15, 0.2) is 7.14 Å². The van der Waals surface area contributed by atoms with Crippen molar-refractivity contribution in [1.82, 2.24) is 5.32 Å². The van der Waals surface area contributed by atoms with Crippen molar-refractivity contribution < 1.29 is 4.57 Å². The molecule has 2 nitrogen and oxygen atoms in total. The van der Waals surface area contributed by atoms with Crippen LogP contribution in [0.5, 0.6) is 0 Å².